The first-order chi connectivity index (χ1) is 24.4. The van der Waals surface area contributed by atoms with Crippen LogP contribution in [-0.4, -0.2) is 62.5 Å². The maximum atomic E-state index is 12.2. The molecule has 21 heteroatoms. The monoisotopic (exact) mass is 809 g/mol. The number of hydrogen-bond acceptors (Lipinski definition) is 14. The minimum atomic E-state index is -4.02. The Bertz CT molecular complexity index is 2080. The molecule has 279 valence electrons. The van der Waals surface area contributed by atoms with Crippen molar-refractivity contribution < 1.29 is 63.0 Å². The summed E-state index contributed by atoms with van der Waals surface area (Å²) in [4.78, 5) is 47.1. The summed E-state index contributed by atoms with van der Waals surface area (Å²) in [5, 5.41) is 51.5. The van der Waals surface area contributed by atoms with E-state index in [-0.39, 0.29) is 37.9 Å². The van der Waals surface area contributed by atoms with Gasteiger partial charge in [0.05, 0.1) is 21.6 Å². The second-order valence-corrected chi connectivity index (χ2v) is 13.5. The number of benzene rings is 4. The average molecular weight is 810 g/mol. The minimum Gasteiger partial charge on any atom is -0.625 e. The first-order valence-electron chi connectivity index (χ1n) is 14.5. The van der Waals surface area contributed by atoms with Crippen molar-refractivity contribution in [3.63, 3.8) is 0 Å². The molecule has 4 aromatic rings. The summed E-state index contributed by atoms with van der Waals surface area (Å²) in [7, 11) is -8.04. The van der Waals surface area contributed by atoms with Crippen molar-refractivity contribution in [1.82, 2.24) is 0 Å². The van der Waals surface area contributed by atoms with Gasteiger partial charge in [-0.05, 0) is 50.2 Å². The van der Waals surface area contributed by atoms with Crippen LogP contribution >= 0.6 is 0 Å². The molecule has 0 aliphatic heterocycles. The maximum absolute atomic E-state index is 12.2. The number of primary sulfonamides is 2. The van der Waals surface area contributed by atoms with Crippen LogP contribution in [0.3, 0.4) is 0 Å². The maximum Gasteiger partial charge on any atom is 2.00 e. The van der Waals surface area contributed by atoms with Gasteiger partial charge in [-0.3, -0.25) is 9.59 Å². The summed E-state index contributed by atoms with van der Waals surface area (Å²) >= 11 is 0. The summed E-state index contributed by atoms with van der Waals surface area (Å²) in [6, 6.07) is 19.7. The van der Waals surface area contributed by atoms with E-state index in [0.29, 0.717) is 11.4 Å². The molecule has 0 fully saturated rings. The van der Waals surface area contributed by atoms with E-state index in [2.05, 4.69) is 31.1 Å². The van der Waals surface area contributed by atoms with Crippen LogP contribution in [0.5, 0.6) is 11.5 Å². The van der Waals surface area contributed by atoms with E-state index in [0.717, 1.165) is 50.2 Å². The molecule has 0 heterocycles. The number of carbonyl (C=O) groups is 4. The van der Waals surface area contributed by atoms with E-state index in [4.69, 9.17) is 10.3 Å². The third-order valence-electron chi connectivity index (χ3n) is 6.34. The van der Waals surface area contributed by atoms with E-state index < -0.39 is 67.0 Å². The normalized spacial score (nSPS) is 12.5. The Morgan fingerprint density at radius 2 is 0.906 bits per heavy atom. The summed E-state index contributed by atoms with van der Waals surface area (Å²) in [5.74, 6) is -3.68. The number of nitrogens with zero attached hydrogens (tertiary/aromatic N) is 6. The summed E-state index contributed by atoms with van der Waals surface area (Å²) in [6.45, 7) is 2.28. The van der Waals surface area contributed by atoms with Gasteiger partial charge >= 0.3 is 16.8 Å². The molecule has 0 saturated heterocycles. The van der Waals surface area contributed by atoms with Crippen molar-refractivity contribution in [2.24, 2.45) is 30.7 Å². The Morgan fingerprint density at radius 3 is 1.19 bits per heavy atom. The molecule has 4 rings (SSSR count). The third-order valence-corrected chi connectivity index (χ3v) is 8.16. The molecule has 2 atom stereocenters. The van der Waals surface area contributed by atoms with E-state index >= 15 is 0 Å². The van der Waals surface area contributed by atoms with Crippen molar-refractivity contribution in [3.05, 3.63) is 108 Å². The van der Waals surface area contributed by atoms with E-state index in [1.54, 1.807) is 60.7 Å². The van der Waals surface area contributed by atoms with E-state index in [1.165, 1.54) is 0 Å². The smallest absolute Gasteiger partial charge is 0.625 e. The summed E-state index contributed by atoms with van der Waals surface area (Å²) in [6.07, 6.45) is 0. The molecule has 4 aromatic carbocycles. The number of sulfonamides is 2. The Morgan fingerprint density at radius 1 is 0.585 bits per heavy atom. The molecule has 0 bridgehead atoms. The second-order valence-electron chi connectivity index (χ2n) is 10.4. The van der Waals surface area contributed by atoms with Crippen molar-refractivity contribution in [2.45, 2.75) is 35.7 Å². The van der Waals surface area contributed by atoms with Gasteiger partial charge in [-0.25, -0.2) is 27.1 Å². The predicted octanol–water partition coefficient (Wildman–Crippen LogP) is 4.62. The predicted molar refractivity (Wildman–Crippen MR) is 186 cm³/mol. The number of ketones is 2. The fourth-order valence-electron chi connectivity index (χ4n) is 3.75. The molecular weight excluding hydrogens is 779 g/mol. The molecule has 0 saturated carbocycles. The van der Waals surface area contributed by atoms with Gasteiger partial charge in [-0.1, -0.05) is 60.7 Å². The number of amides is 2. The van der Waals surface area contributed by atoms with Crippen LogP contribution in [0.15, 0.2) is 127 Å². The summed E-state index contributed by atoms with van der Waals surface area (Å²) < 4.78 is 45.4. The van der Waals surface area contributed by atoms with Crippen LogP contribution < -0.4 is 10.3 Å². The first kappa shape index (κ1) is 43.5. The number of phenolic OH excluding ortho intramolecular Hbond substituents is 2. The number of rotatable bonds is 12. The number of para-hydroxylation sites is 2. The van der Waals surface area contributed by atoms with Gasteiger partial charge < -0.3 is 30.4 Å². The Hall–Kier alpha value is -5.71. The van der Waals surface area contributed by atoms with E-state index in [9.17, 15) is 46.2 Å². The zero-order chi connectivity index (χ0) is 38.6. The van der Waals surface area contributed by atoms with Gasteiger partial charge in [0, 0.05) is 0 Å². The quantitative estimate of drug-likeness (QED) is 0.114. The molecule has 18 nitrogen and oxygen atoms in total. The van der Waals surface area contributed by atoms with Crippen LogP contribution in [0.1, 0.15) is 13.8 Å². The molecule has 2 amide bonds. The van der Waals surface area contributed by atoms with Crippen LogP contribution in [0, 0.1) is 0 Å². The fraction of sp³-hybridized carbons (Fsp3) is 0.125. The summed E-state index contributed by atoms with van der Waals surface area (Å²) in [5.41, 5.74) is 0.182. The standard InChI is InChI=1S/2C16H16N4O5S.Co/c2*1-10(21)15(16(23)18-11-5-3-2-4-6-11)20-19-13-9-12(26(17,24)25)7-8-14(13)22;/h2*2-9,15H,1H3,(H4,17,18,20,22,23,24,25);/q;;+2/p-2. The molecule has 6 N–H and O–H groups in total. The van der Waals surface area contributed by atoms with Gasteiger partial charge in [-0.2, -0.15) is 20.5 Å². The van der Waals surface area contributed by atoms with Gasteiger partial charge in [0.2, 0.25) is 20.0 Å². The Kier molecular flexibility index (Phi) is 15.8. The minimum absolute atomic E-state index is 0. The number of nitrogens with two attached hydrogens (primary N) is 2. The number of hydrogen-bond donors (Lipinski definition) is 4. The van der Waals surface area contributed by atoms with Crippen molar-refractivity contribution >= 4 is 66.2 Å². The Labute approximate surface area is 313 Å². The number of carbonyl (C=O) groups excluding carboxylic acids is 4. The van der Waals surface area contributed by atoms with Crippen LogP contribution in [-0.2, 0) is 56.0 Å². The molecule has 53 heavy (non-hydrogen) atoms. The van der Waals surface area contributed by atoms with Crippen molar-refractivity contribution in [3.8, 4) is 11.5 Å². The van der Waals surface area contributed by atoms with Gasteiger partial charge in [0.1, 0.15) is 22.9 Å². The molecule has 0 spiro atoms. The SMILES string of the molecule is CC(=O)C(N=Nc1cc(S(N)(=O)=O)ccc1O)C(=O)[N-]c1ccccc1.CC(=O)C(N=Nc1cc(S(N)(=O)=O)ccc1O)C(=O)[N-]c1ccccc1.[Co+2]. The topological polar surface area (TPSA) is 307 Å². The zero-order valence-electron chi connectivity index (χ0n) is 27.5. The molecule has 0 aliphatic rings. The molecule has 2 unspecified atom stereocenters. The fourth-order valence-corrected chi connectivity index (χ4v) is 4.82. The first-order valence-corrected chi connectivity index (χ1v) is 17.6. The van der Waals surface area contributed by atoms with Crippen LogP contribution in [0.4, 0.5) is 22.7 Å². The number of Topliss-reactive ketones (excluding diaryl/α,β-unsaturated/α-hetero) is 2. The van der Waals surface area contributed by atoms with E-state index in [1.807, 2.05) is 0 Å². The van der Waals surface area contributed by atoms with Gasteiger partial charge in [0.15, 0.2) is 23.7 Å². The van der Waals surface area contributed by atoms with Gasteiger partial charge in [-0.15, -0.1) is 11.4 Å². The second kappa shape index (κ2) is 19.2. The molecule has 0 aliphatic carbocycles. The number of phenols is 2. The number of aromatic hydroxyl groups is 2. The average Bonchev–Trinajstić information content (AvgIpc) is 3.06. The van der Waals surface area contributed by atoms with Crippen molar-refractivity contribution in [1.29, 1.82) is 0 Å². The molecule has 1 radical (unpaired) electrons. The van der Waals surface area contributed by atoms with Crippen molar-refractivity contribution in [2.75, 3.05) is 0 Å². The van der Waals surface area contributed by atoms with Crippen LogP contribution in [0.25, 0.3) is 10.6 Å². The molecule has 0 aromatic heterocycles. The zero-order valence-corrected chi connectivity index (χ0v) is 30.2. The Balaban J connectivity index is 0.000000360. The van der Waals surface area contributed by atoms with Gasteiger partial charge in [0.25, 0.3) is 0 Å². The molecular formula is C32H30CoN8O10S2. The third kappa shape index (κ3) is 13.4. The van der Waals surface area contributed by atoms with Crippen LogP contribution in [0.2, 0.25) is 0 Å². The largest absolute Gasteiger partial charge is 2.00 e. The number of azo groups is 2.